The van der Waals surface area contributed by atoms with E-state index in [-0.39, 0.29) is 11.5 Å². The number of Topliss-reactive ketones (excluding diaryl/α,β-unsaturated/α-hetero) is 1. The lowest BCUT2D eigenvalue weighted by Crippen LogP contribution is -2.56. The van der Waals surface area contributed by atoms with E-state index in [1.54, 1.807) is 14.2 Å². The Labute approximate surface area is 169 Å². The largest absolute Gasteiger partial charge is 0.493 e. The number of carbonyl (C=O) groups excluding carboxylic acids is 1. The zero-order chi connectivity index (χ0) is 19.9. The molecule has 0 amide bonds. The topological polar surface area (TPSA) is 38.8 Å². The number of piperidine rings is 1. The molecule has 1 saturated carbocycles. The van der Waals surface area contributed by atoms with Crippen molar-refractivity contribution in [1.82, 2.24) is 4.90 Å². The van der Waals surface area contributed by atoms with Crippen LogP contribution in [0.25, 0.3) is 0 Å². The Morgan fingerprint density at radius 1 is 1.04 bits per heavy atom. The zero-order valence-corrected chi connectivity index (χ0v) is 17.9. The smallest absolute Gasteiger partial charge is 0.166 e. The van der Waals surface area contributed by atoms with Gasteiger partial charge in [-0.1, -0.05) is 19.3 Å². The first-order chi connectivity index (χ1) is 13.5. The van der Waals surface area contributed by atoms with Crippen LogP contribution in [-0.4, -0.2) is 44.0 Å². The Balaban J connectivity index is 1.56. The van der Waals surface area contributed by atoms with Crippen LogP contribution in [0, 0.1) is 17.8 Å². The van der Waals surface area contributed by atoms with Gasteiger partial charge in [-0.05, 0) is 82.2 Å². The van der Waals surface area contributed by atoms with Gasteiger partial charge in [-0.2, -0.15) is 0 Å². The summed E-state index contributed by atoms with van der Waals surface area (Å²) in [6.45, 7) is 3.57. The lowest BCUT2D eigenvalue weighted by atomic mass is 9.66. The van der Waals surface area contributed by atoms with E-state index < -0.39 is 0 Å². The molecule has 3 unspecified atom stereocenters. The van der Waals surface area contributed by atoms with Gasteiger partial charge in [0.1, 0.15) is 0 Å². The number of nitrogens with zero attached hydrogens (tertiary/aromatic N) is 1. The molecule has 2 aliphatic carbocycles. The molecule has 1 aliphatic heterocycles. The Morgan fingerprint density at radius 3 is 2.39 bits per heavy atom. The normalized spacial score (nSPS) is 31.6. The standard InChI is InChI=1S/C24H35NO3/c1-24(18-8-6-5-7-9-18)15-16(10-11-25(24)2)19-12-17-13-21(27-3)22(28-4)14-20(17)23(19)26/h13-14,16,18-19H,5-12,15H2,1-4H3. The first-order valence-electron chi connectivity index (χ1n) is 11.0. The van der Waals surface area contributed by atoms with Crippen LogP contribution in [0.1, 0.15) is 67.8 Å². The van der Waals surface area contributed by atoms with E-state index in [1.165, 1.54) is 32.1 Å². The average Bonchev–Trinajstić information content (AvgIpc) is 3.05. The fourth-order valence-corrected chi connectivity index (χ4v) is 6.18. The molecule has 3 atom stereocenters. The summed E-state index contributed by atoms with van der Waals surface area (Å²) in [5.74, 6) is 3.06. The van der Waals surface area contributed by atoms with Gasteiger partial charge in [0, 0.05) is 17.0 Å². The molecule has 1 heterocycles. The predicted octanol–water partition coefficient (Wildman–Crippen LogP) is 4.74. The number of benzene rings is 1. The van der Waals surface area contributed by atoms with Gasteiger partial charge >= 0.3 is 0 Å². The van der Waals surface area contributed by atoms with Crippen molar-refractivity contribution < 1.29 is 14.3 Å². The molecule has 28 heavy (non-hydrogen) atoms. The summed E-state index contributed by atoms with van der Waals surface area (Å²) in [6.07, 6.45) is 9.94. The van der Waals surface area contributed by atoms with Crippen molar-refractivity contribution in [2.24, 2.45) is 17.8 Å². The molecule has 0 radical (unpaired) electrons. The number of hydrogen-bond donors (Lipinski definition) is 0. The minimum absolute atomic E-state index is 0.114. The highest BCUT2D eigenvalue weighted by Gasteiger charge is 2.47. The summed E-state index contributed by atoms with van der Waals surface area (Å²) in [5.41, 5.74) is 2.21. The van der Waals surface area contributed by atoms with Crippen molar-refractivity contribution in [2.75, 3.05) is 27.8 Å². The summed E-state index contributed by atoms with van der Waals surface area (Å²) in [7, 11) is 5.59. The third-order valence-electron chi connectivity index (χ3n) is 8.09. The molecule has 1 aromatic carbocycles. The van der Waals surface area contributed by atoms with Crippen LogP contribution >= 0.6 is 0 Å². The van der Waals surface area contributed by atoms with Gasteiger partial charge in [0.15, 0.2) is 17.3 Å². The number of methoxy groups -OCH3 is 2. The molecule has 0 bridgehead atoms. The van der Waals surface area contributed by atoms with Gasteiger partial charge in [0.05, 0.1) is 14.2 Å². The van der Waals surface area contributed by atoms with Crippen LogP contribution in [0.15, 0.2) is 12.1 Å². The maximum Gasteiger partial charge on any atom is 0.166 e. The van der Waals surface area contributed by atoms with E-state index in [9.17, 15) is 4.79 Å². The van der Waals surface area contributed by atoms with Crippen LogP contribution in [0.4, 0.5) is 0 Å². The number of likely N-dealkylation sites (tertiary alicyclic amines) is 1. The number of ketones is 1. The number of fused-ring (bicyclic) bond motifs is 1. The van der Waals surface area contributed by atoms with E-state index >= 15 is 0 Å². The third-order valence-corrected chi connectivity index (χ3v) is 8.09. The van der Waals surface area contributed by atoms with Gasteiger partial charge in [-0.3, -0.25) is 4.79 Å². The molecule has 4 heteroatoms. The Kier molecular flexibility index (Phi) is 5.43. The quantitative estimate of drug-likeness (QED) is 0.750. The van der Waals surface area contributed by atoms with Gasteiger partial charge < -0.3 is 14.4 Å². The minimum atomic E-state index is 0.114. The molecule has 1 aromatic rings. The van der Waals surface area contributed by atoms with Gasteiger partial charge in [-0.25, -0.2) is 0 Å². The van der Waals surface area contributed by atoms with Crippen molar-refractivity contribution in [3.05, 3.63) is 23.3 Å². The SMILES string of the molecule is COc1cc2c(cc1OC)C(=O)C(C1CCN(C)C(C)(C3CCCCC3)C1)C2. The fourth-order valence-electron chi connectivity index (χ4n) is 6.18. The Hall–Kier alpha value is -1.55. The number of ether oxygens (including phenoxy) is 2. The number of carbonyl (C=O) groups is 1. The first kappa shape index (κ1) is 19.8. The highest BCUT2D eigenvalue weighted by atomic mass is 16.5. The highest BCUT2D eigenvalue weighted by Crippen LogP contribution is 2.47. The lowest BCUT2D eigenvalue weighted by Gasteiger charge is -2.52. The van der Waals surface area contributed by atoms with Crippen LogP contribution in [0.3, 0.4) is 0 Å². The number of rotatable bonds is 4. The highest BCUT2D eigenvalue weighted by molar-refractivity contribution is 6.03. The van der Waals surface area contributed by atoms with Crippen molar-refractivity contribution in [2.45, 2.75) is 63.8 Å². The summed E-state index contributed by atoms with van der Waals surface area (Å²) < 4.78 is 10.9. The molecule has 4 nitrogen and oxygen atoms in total. The zero-order valence-electron chi connectivity index (χ0n) is 17.9. The Morgan fingerprint density at radius 2 is 1.71 bits per heavy atom. The first-order valence-corrected chi connectivity index (χ1v) is 11.0. The molecular formula is C24H35NO3. The molecule has 3 aliphatic rings. The monoisotopic (exact) mass is 385 g/mol. The molecule has 4 rings (SSSR count). The molecule has 0 aromatic heterocycles. The third kappa shape index (κ3) is 3.24. The van der Waals surface area contributed by atoms with Crippen molar-refractivity contribution in [1.29, 1.82) is 0 Å². The molecule has 1 saturated heterocycles. The average molecular weight is 386 g/mol. The van der Waals surface area contributed by atoms with E-state index in [0.717, 1.165) is 48.6 Å². The molecule has 154 valence electrons. The second-order valence-corrected chi connectivity index (χ2v) is 9.41. The fraction of sp³-hybridized carbons (Fsp3) is 0.708. The van der Waals surface area contributed by atoms with Crippen molar-refractivity contribution >= 4 is 5.78 Å². The van der Waals surface area contributed by atoms with Crippen molar-refractivity contribution in [3.63, 3.8) is 0 Å². The van der Waals surface area contributed by atoms with E-state index in [0.29, 0.717) is 17.5 Å². The molecule has 0 N–H and O–H groups in total. The van der Waals surface area contributed by atoms with Crippen molar-refractivity contribution in [3.8, 4) is 11.5 Å². The molecule has 2 fully saturated rings. The second kappa shape index (κ2) is 7.70. The summed E-state index contributed by atoms with van der Waals surface area (Å²) in [5, 5.41) is 0. The summed E-state index contributed by atoms with van der Waals surface area (Å²) >= 11 is 0. The Bertz CT molecular complexity index is 740. The maximum atomic E-state index is 13.3. The van der Waals surface area contributed by atoms with Gasteiger partial charge in [0.2, 0.25) is 0 Å². The second-order valence-electron chi connectivity index (χ2n) is 9.41. The van der Waals surface area contributed by atoms with Gasteiger partial charge in [-0.15, -0.1) is 0 Å². The number of hydrogen-bond acceptors (Lipinski definition) is 4. The van der Waals surface area contributed by atoms with E-state index in [4.69, 9.17) is 9.47 Å². The summed E-state index contributed by atoms with van der Waals surface area (Å²) in [6, 6.07) is 3.91. The van der Waals surface area contributed by atoms with Crippen LogP contribution in [0.5, 0.6) is 11.5 Å². The van der Waals surface area contributed by atoms with Crippen LogP contribution < -0.4 is 9.47 Å². The summed E-state index contributed by atoms with van der Waals surface area (Å²) in [4.78, 5) is 15.9. The van der Waals surface area contributed by atoms with E-state index in [2.05, 4.69) is 18.9 Å². The maximum absolute atomic E-state index is 13.3. The van der Waals surface area contributed by atoms with Gasteiger partial charge in [0.25, 0.3) is 0 Å². The lowest BCUT2D eigenvalue weighted by molar-refractivity contribution is -0.0160. The minimum Gasteiger partial charge on any atom is -0.493 e. The predicted molar refractivity (Wildman–Crippen MR) is 111 cm³/mol. The van der Waals surface area contributed by atoms with E-state index in [1.807, 2.05) is 12.1 Å². The molecule has 0 spiro atoms. The molecular weight excluding hydrogens is 350 g/mol. The van der Waals surface area contributed by atoms with Crippen LogP contribution in [-0.2, 0) is 6.42 Å². The van der Waals surface area contributed by atoms with Crippen LogP contribution in [0.2, 0.25) is 0 Å².